The molecular formula is C29H28ClF3N6O3. The number of amides is 1. The predicted octanol–water partition coefficient (Wildman–Crippen LogP) is 5.17. The number of benzene rings is 1. The van der Waals surface area contributed by atoms with Gasteiger partial charge in [0.2, 0.25) is 5.88 Å². The number of hydrogen-bond donors (Lipinski definition) is 1. The van der Waals surface area contributed by atoms with E-state index in [4.69, 9.17) is 11.6 Å². The number of halogens is 4. The fraction of sp³-hybridized carbons (Fsp3) is 0.345. The Hall–Kier alpha value is -4.19. The highest BCUT2D eigenvalue weighted by Gasteiger charge is 2.36. The Morgan fingerprint density at radius 1 is 1.17 bits per heavy atom. The van der Waals surface area contributed by atoms with Gasteiger partial charge in [-0.1, -0.05) is 25.4 Å². The number of likely N-dealkylation sites (tertiary alicyclic amines) is 1. The summed E-state index contributed by atoms with van der Waals surface area (Å²) in [5, 5.41) is 15.5. The normalized spacial score (nSPS) is 15.9. The van der Waals surface area contributed by atoms with Crippen LogP contribution >= 0.6 is 11.6 Å². The summed E-state index contributed by atoms with van der Waals surface area (Å²) in [6, 6.07) is 4.69. The lowest BCUT2D eigenvalue weighted by Crippen LogP contribution is -2.39. The van der Waals surface area contributed by atoms with Crippen LogP contribution in [0, 0.1) is 23.4 Å². The molecule has 2 unspecified atom stereocenters. The van der Waals surface area contributed by atoms with E-state index in [2.05, 4.69) is 15.1 Å². The van der Waals surface area contributed by atoms with Gasteiger partial charge in [0.05, 0.1) is 16.8 Å². The van der Waals surface area contributed by atoms with Crippen LogP contribution in [0.25, 0.3) is 11.5 Å². The van der Waals surface area contributed by atoms with Crippen LogP contribution in [0.4, 0.5) is 13.2 Å². The third-order valence-electron chi connectivity index (χ3n) is 7.34. The van der Waals surface area contributed by atoms with E-state index >= 15 is 0 Å². The van der Waals surface area contributed by atoms with Crippen molar-refractivity contribution in [3.63, 3.8) is 0 Å². The van der Waals surface area contributed by atoms with E-state index in [0.717, 1.165) is 28.8 Å². The average molecular weight is 601 g/mol. The molecule has 9 nitrogen and oxygen atoms in total. The molecule has 1 N–H and O–H groups in total. The zero-order chi connectivity index (χ0) is 30.3. The monoisotopic (exact) mass is 600 g/mol. The Morgan fingerprint density at radius 3 is 2.50 bits per heavy atom. The maximum atomic E-state index is 14.5. The van der Waals surface area contributed by atoms with Gasteiger partial charge >= 0.3 is 0 Å². The number of aryl methyl sites for hydroxylation is 1. The van der Waals surface area contributed by atoms with E-state index in [1.807, 2.05) is 6.92 Å². The molecule has 1 aliphatic heterocycles. The van der Waals surface area contributed by atoms with Crippen molar-refractivity contribution < 1.29 is 23.1 Å². The maximum Gasteiger partial charge on any atom is 0.271 e. The molecule has 1 fully saturated rings. The van der Waals surface area contributed by atoms with Crippen molar-refractivity contribution in [2.24, 2.45) is 5.92 Å². The van der Waals surface area contributed by atoms with Gasteiger partial charge in [-0.05, 0) is 49.1 Å². The molecule has 0 radical (unpaired) electrons. The molecule has 0 saturated carbocycles. The first-order valence-electron chi connectivity index (χ1n) is 13.4. The van der Waals surface area contributed by atoms with Crippen LogP contribution in [0.1, 0.15) is 60.8 Å². The van der Waals surface area contributed by atoms with Crippen LogP contribution in [0.5, 0.6) is 5.88 Å². The SMILES string of the molecule is CCn1ccc(-c2nc(O)c(C(=O)N3CCC(c4ncc(Cl)cc4F)C3)c(=O)n2C(c2cc(F)cc(F)c2)C(C)C)n1. The number of carbonyl (C=O) groups is 1. The van der Waals surface area contributed by atoms with Gasteiger partial charge < -0.3 is 10.0 Å². The number of hydrogen-bond acceptors (Lipinski definition) is 6. The predicted molar refractivity (Wildman–Crippen MR) is 149 cm³/mol. The van der Waals surface area contributed by atoms with E-state index in [1.54, 1.807) is 30.8 Å². The van der Waals surface area contributed by atoms with E-state index in [1.165, 1.54) is 11.1 Å². The van der Waals surface area contributed by atoms with Crippen molar-refractivity contribution in [3.05, 3.63) is 92.4 Å². The first kappa shape index (κ1) is 29.3. The number of nitrogens with zero attached hydrogens (tertiary/aromatic N) is 6. The van der Waals surface area contributed by atoms with Gasteiger partial charge in [0.25, 0.3) is 11.5 Å². The smallest absolute Gasteiger partial charge is 0.271 e. The lowest BCUT2D eigenvalue weighted by molar-refractivity contribution is 0.0783. The van der Waals surface area contributed by atoms with Gasteiger partial charge in [0.15, 0.2) is 11.4 Å². The number of rotatable bonds is 7. The summed E-state index contributed by atoms with van der Waals surface area (Å²) in [5.74, 6) is -4.85. The molecule has 4 aromatic rings. The first-order valence-corrected chi connectivity index (χ1v) is 13.8. The Balaban J connectivity index is 1.63. The lowest BCUT2D eigenvalue weighted by atomic mass is 9.94. The summed E-state index contributed by atoms with van der Waals surface area (Å²) in [6.45, 7) is 6.07. The minimum absolute atomic E-state index is 0.0363. The first-order chi connectivity index (χ1) is 20.0. The molecule has 1 aliphatic rings. The lowest BCUT2D eigenvalue weighted by Gasteiger charge is -2.27. The molecule has 1 saturated heterocycles. The summed E-state index contributed by atoms with van der Waals surface area (Å²) in [5.41, 5.74) is -1.02. The highest BCUT2D eigenvalue weighted by atomic mass is 35.5. The van der Waals surface area contributed by atoms with Crippen molar-refractivity contribution in [1.82, 2.24) is 29.2 Å². The summed E-state index contributed by atoms with van der Waals surface area (Å²) in [6.07, 6.45) is 3.34. The summed E-state index contributed by atoms with van der Waals surface area (Å²) < 4.78 is 46.0. The maximum absolute atomic E-state index is 14.5. The van der Waals surface area contributed by atoms with Crippen molar-refractivity contribution in [2.45, 2.75) is 45.7 Å². The van der Waals surface area contributed by atoms with Gasteiger partial charge in [0, 0.05) is 44.0 Å². The zero-order valence-corrected chi connectivity index (χ0v) is 23.8. The average Bonchev–Trinajstić information content (AvgIpc) is 3.59. The van der Waals surface area contributed by atoms with Crippen molar-refractivity contribution >= 4 is 17.5 Å². The topological polar surface area (TPSA) is 106 Å². The Morgan fingerprint density at radius 2 is 1.88 bits per heavy atom. The van der Waals surface area contributed by atoms with E-state index in [0.29, 0.717) is 13.0 Å². The zero-order valence-electron chi connectivity index (χ0n) is 23.1. The van der Waals surface area contributed by atoms with Crippen LogP contribution in [0.15, 0.2) is 47.5 Å². The number of aromatic nitrogens is 5. The van der Waals surface area contributed by atoms with Gasteiger partial charge in [-0.3, -0.25) is 23.8 Å². The van der Waals surface area contributed by atoms with Crippen LogP contribution in [0.3, 0.4) is 0 Å². The van der Waals surface area contributed by atoms with Crippen molar-refractivity contribution in [1.29, 1.82) is 0 Å². The Kier molecular flexibility index (Phi) is 8.09. The highest BCUT2D eigenvalue weighted by Crippen LogP contribution is 2.33. The number of aromatic hydroxyl groups is 1. The molecule has 0 spiro atoms. The van der Waals surface area contributed by atoms with Crippen LogP contribution < -0.4 is 5.56 Å². The molecular weight excluding hydrogens is 573 g/mol. The highest BCUT2D eigenvalue weighted by molar-refractivity contribution is 6.30. The minimum Gasteiger partial charge on any atom is -0.493 e. The van der Waals surface area contributed by atoms with E-state index < -0.39 is 58.2 Å². The fourth-order valence-corrected chi connectivity index (χ4v) is 5.58. The molecule has 1 amide bonds. The molecule has 5 rings (SSSR count). The summed E-state index contributed by atoms with van der Waals surface area (Å²) in [7, 11) is 0. The summed E-state index contributed by atoms with van der Waals surface area (Å²) >= 11 is 5.82. The third-order valence-corrected chi connectivity index (χ3v) is 7.55. The van der Waals surface area contributed by atoms with Gasteiger partial charge in [-0.25, -0.2) is 13.2 Å². The van der Waals surface area contributed by atoms with Crippen molar-refractivity contribution in [2.75, 3.05) is 13.1 Å². The third kappa shape index (κ3) is 5.50. The van der Waals surface area contributed by atoms with Crippen molar-refractivity contribution in [3.8, 4) is 17.4 Å². The standard InChI is InChI=1S/C29H28ClF3N6O3/c1-4-38-8-6-22(36-38)26-35-27(40)23(28(41)37-7-5-16(14-37)24-21(33)11-18(30)13-34-24)29(42)39(26)25(15(2)3)17-9-19(31)12-20(32)10-17/h6,8-13,15-16,25,40H,4-5,7,14H2,1-3H3. The Labute approximate surface area is 244 Å². The summed E-state index contributed by atoms with van der Waals surface area (Å²) in [4.78, 5) is 37.6. The molecule has 0 bridgehead atoms. The molecule has 3 aromatic heterocycles. The fourth-order valence-electron chi connectivity index (χ4n) is 5.43. The second-order valence-electron chi connectivity index (χ2n) is 10.5. The molecule has 4 heterocycles. The molecule has 42 heavy (non-hydrogen) atoms. The van der Waals surface area contributed by atoms with Gasteiger partial charge in [-0.2, -0.15) is 10.1 Å². The van der Waals surface area contributed by atoms with Crippen LogP contribution in [0.2, 0.25) is 5.02 Å². The van der Waals surface area contributed by atoms with Crippen LogP contribution in [-0.4, -0.2) is 53.3 Å². The molecule has 1 aromatic carbocycles. The second kappa shape index (κ2) is 11.6. The molecule has 2 atom stereocenters. The second-order valence-corrected chi connectivity index (χ2v) is 11.0. The molecule has 0 aliphatic carbocycles. The number of carbonyl (C=O) groups excluding carboxylic acids is 1. The van der Waals surface area contributed by atoms with E-state index in [9.17, 15) is 27.9 Å². The largest absolute Gasteiger partial charge is 0.493 e. The number of pyridine rings is 1. The van der Waals surface area contributed by atoms with E-state index in [-0.39, 0.29) is 40.9 Å². The minimum atomic E-state index is -0.984. The molecule has 13 heteroatoms. The Bertz CT molecular complexity index is 1700. The van der Waals surface area contributed by atoms with Crippen LogP contribution in [-0.2, 0) is 6.54 Å². The van der Waals surface area contributed by atoms with Gasteiger partial charge in [0.1, 0.15) is 23.1 Å². The van der Waals surface area contributed by atoms with Gasteiger partial charge in [-0.15, -0.1) is 0 Å². The molecule has 220 valence electrons. The quantitative estimate of drug-likeness (QED) is 0.314.